The van der Waals surface area contributed by atoms with Crippen molar-refractivity contribution in [2.24, 2.45) is 0 Å². The van der Waals surface area contributed by atoms with Crippen LogP contribution in [-0.4, -0.2) is 49.4 Å². The predicted octanol–water partition coefficient (Wildman–Crippen LogP) is 2.73. The molecule has 1 aromatic heterocycles. The third-order valence-corrected chi connectivity index (χ3v) is 6.96. The first-order valence-electron chi connectivity index (χ1n) is 9.30. The highest BCUT2D eigenvalue weighted by Crippen LogP contribution is 2.31. The molecule has 0 aromatic carbocycles. The third kappa shape index (κ3) is 4.59. The summed E-state index contributed by atoms with van der Waals surface area (Å²) in [6.45, 7) is 4.98. The minimum Gasteiger partial charge on any atom is -0.337 e. The fourth-order valence-corrected chi connectivity index (χ4v) is 4.64. The minimum absolute atomic E-state index is 0.143. The molecule has 1 N–H and O–H groups in total. The zero-order chi connectivity index (χ0) is 17.8. The van der Waals surface area contributed by atoms with E-state index in [1.807, 2.05) is 13.8 Å². The van der Waals surface area contributed by atoms with Crippen molar-refractivity contribution < 1.29 is 13.5 Å². The van der Waals surface area contributed by atoms with E-state index in [1.165, 1.54) is 19.3 Å². The van der Waals surface area contributed by atoms with Crippen LogP contribution in [-0.2, 0) is 10.8 Å². The van der Waals surface area contributed by atoms with E-state index in [1.54, 1.807) is 4.90 Å². The Hall–Kier alpha value is -1.44. The normalized spacial score (nSPS) is 26.9. The quantitative estimate of drug-likeness (QED) is 0.886. The molecule has 2 amide bonds. The summed E-state index contributed by atoms with van der Waals surface area (Å²) < 4.78 is 17.3. The number of nitrogens with zero attached hydrogens (tertiary/aromatic N) is 3. The number of hydrogen-bond donors (Lipinski definition) is 1. The summed E-state index contributed by atoms with van der Waals surface area (Å²) in [6.07, 6.45) is 6.71. The number of hydrogen-bond acceptors (Lipinski definition) is 5. The van der Waals surface area contributed by atoms with Gasteiger partial charge >= 0.3 is 6.03 Å². The molecule has 7 nitrogen and oxygen atoms in total. The molecule has 0 spiro atoms. The molecule has 1 aromatic rings. The van der Waals surface area contributed by atoms with Gasteiger partial charge in [-0.05, 0) is 26.2 Å². The molecule has 0 radical (unpaired) electrons. The number of nitrogens with one attached hydrogen (secondary N) is 1. The lowest BCUT2D eigenvalue weighted by Gasteiger charge is -2.22. The summed E-state index contributed by atoms with van der Waals surface area (Å²) in [6, 6.07) is -0.487. The highest BCUT2D eigenvalue weighted by molar-refractivity contribution is 7.85. The lowest BCUT2D eigenvalue weighted by atomic mass is 9.89. The summed E-state index contributed by atoms with van der Waals surface area (Å²) in [5.41, 5.74) is 0. The van der Waals surface area contributed by atoms with Gasteiger partial charge in [-0.15, -0.1) is 0 Å². The minimum atomic E-state index is -0.850. The van der Waals surface area contributed by atoms with Crippen LogP contribution in [0.1, 0.15) is 76.0 Å². The van der Waals surface area contributed by atoms with Crippen molar-refractivity contribution in [2.75, 3.05) is 18.8 Å². The molecular weight excluding hydrogens is 340 g/mol. The van der Waals surface area contributed by atoms with Crippen molar-refractivity contribution in [1.29, 1.82) is 0 Å². The van der Waals surface area contributed by atoms with Crippen molar-refractivity contribution in [3.63, 3.8) is 0 Å². The molecule has 2 heterocycles. The van der Waals surface area contributed by atoms with E-state index < -0.39 is 10.8 Å². The van der Waals surface area contributed by atoms with Crippen molar-refractivity contribution in [1.82, 2.24) is 20.4 Å². The lowest BCUT2D eigenvalue weighted by molar-refractivity contribution is 0.195. The first kappa shape index (κ1) is 18.4. The van der Waals surface area contributed by atoms with Crippen LogP contribution < -0.4 is 5.32 Å². The number of aromatic nitrogens is 2. The second kappa shape index (κ2) is 8.29. The smallest absolute Gasteiger partial charge is 0.318 e. The largest absolute Gasteiger partial charge is 0.337 e. The maximum Gasteiger partial charge on any atom is 0.318 e. The van der Waals surface area contributed by atoms with Gasteiger partial charge in [0.2, 0.25) is 5.89 Å². The Morgan fingerprint density at radius 2 is 2.04 bits per heavy atom. The van der Waals surface area contributed by atoms with Crippen molar-refractivity contribution >= 4 is 16.8 Å². The molecule has 1 saturated heterocycles. The zero-order valence-corrected chi connectivity index (χ0v) is 15.9. The van der Waals surface area contributed by atoms with E-state index in [9.17, 15) is 9.00 Å². The zero-order valence-electron chi connectivity index (χ0n) is 15.1. The molecule has 3 atom stereocenters. The number of amides is 2. The van der Waals surface area contributed by atoms with Gasteiger partial charge in [0.1, 0.15) is 6.04 Å². The Balaban J connectivity index is 1.56. The Labute approximate surface area is 151 Å². The SMILES string of the molecule is C[C@H](NC(=O)N1CC[C@@H](C)[S@](=O)CC1)c1nc(C2CCCCC2)no1. The van der Waals surface area contributed by atoms with E-state index in [2.05, 4.69) is 15.5 Å². The second-order valence-electron chi connectivity index (χ2n) is 7.17. The molecule has 2 aliphatic rings. The fourth-order valence-electron chi connectivity index (χ4n) is 3.47. The van der Waals surface area contributed by atoms with Gasteiger partial charge < -0.3 is 14.7 Å². The third-order valence-electron chi connectivity index (χ3n) is 5.24. The van der Waals surface area contributed by atoms with E-state index in [0.717, 1.165) is 25.1 Å². The fraction of sp³-hybridized carbons (Fsp3) is 0.824. The summed E-state index contributed by atoms with van der Waals surface area (Å²) in [4.78, 5) is 18.7. The average molecular weight is 369 g/mol. The van der Waals surface area contributed by atoms with Crippen molar-refractivity contribution in [2.45, 2.75) is 69.6 Å². The van der Waals surface area contributed by atoms with Crippen LogP contribution in [0.4, 0.5) is 4.79 Å². The Morgan fingerprint density at radius 1 is 1.28 bits per heavy atom. The van der Waals surface area contributed by atoms with Gasteiger partial charge in [0.05, 0.1) is 0 Å². The summed E-state index contributed by atoms with van der Waals surface area (Å²) >= 11 is 0. The highest BCUT2D eigenvalue weighted by Gasteiger charge is 2.26. The van der Waals surface area contributed by atoms with Crippen LogP contribution >= 0.6 is 0 Å². The van der Waals surface area contributed by atoms with E-state index in [-0.39, 0.29) is 17.3 Å². The number of urea groups is 1. The van der Waals surface area contributed by atoms with Crippen LogP contribution in [0.15, 0.2) is 4.52 Å². The molecule has 0 unspecified atom stereocenters. The van der Waals surface area contributed by atoms with Crippen LogP contribution in [0.5, 0.6) is 0 Å². The number of carbonyl (C=O) groups is 1. The molecule has 1 saturated carbocycles. The second-order valence-corrected chi connectivity index (χ2v) is 9.14. The van der Waals surface area contributed by atoms with Crippen molar-refractivity contribution in [3.8, 4) is 0 Å². The van der Waals surface area contributed by atoms with Crippen molar-refractivity contribution in [3.05, 3.63) is 11.7 Å². The molecule has 25 heavy (non-hydrogen) atoms. The maximum atomic E-state index is 12.5. The summed E-state index contributed by atoms with van der Waals surface area (Å²) in [5, 5.41) is 7.20. The summed E-state index contributed by atoms with van der Waals surface area (Å²) in [7, 11) is -0.850. The van der Waals surface area contributed by atoms with Gasteiger partial charge in [-0.1, -0.05) is 31.3 Å². The molecule has 140 valence electrons. The maximum absolute atomic E-state index is 12.5. The van der Waals surface area contributed by atoms with Crippen LogP contribution in [0, 0.1) is 0 Å². The Morgan fingerprint density at radius 3 is 2.80 bits per heavy atom. The van der Waals surface area contributed by atoms with Gasteiger partial charge in [0.25, 0.3) is 0 Å². The Bertz CT molecular complexity index is 615. The molecule has 1 aliphatic carbocycles. The van der Waals surface area contributed by atoms with E-state index in [0.29, 0.717) is 30.7 Å². The first-order chi connectivity index (χ1) is 12.0. The average Bonchev–Trinajstić information content (AvgIpc) is 3.05. The predicted molar refractivity (Wildman–Crippen MR) is 95.7 cm³/mol. The Kier molecular flexibility index (Phi) is 6.09. The highest BCUT2D eigenvalue weighted by atomic mass is 32.2. The first-order valence-corrected chi connectivity index (χ1v) is 10.7. The van der Waals surface area contributed by atoms with E-state index >= 15 is 0 Å². The molecule has 2 fully saturated rings. The van der Waals surface area contributed by atoms with Crippen LogP contribution in [0.3, 0.4) is 0 Å². The lowest BCUT2D eigenvalue weighted by Crippen LogP contribution is -2.42. The molecule has 0 bridgehead atoms. The topological polar surface area (TPSA) is 88.3 Å². The number of carbonyl (C=O) groups excluding carboxylic acids is 1. The molecule has 1 aliphatic heterocycles. The van der Waals surface area contributed by atoms with Gasteiger partial charge in [-0.2, -0.15) is 4.98 Å². The molecule has 8 heteroatoms. The monoisotopic (exact) mass is 368 g/mol. The van der Waals surface area contributed by atoms with E-state index in [4.69, 9.17) is 4.52 Å². The molecule has 3 rings (SSSR count). The van der Waals surface area contributed by atoms with Gasteiger partial charge in [-0.25, -0.2) is 4.79 Å². The standard InChI is InChI=1S/C17H28N4O3S/c1-12-8-9-21(10-11-25(12)23)17(22)18-13(2)16-19-15(20-24-16)14-6-4-3-5-7-14/h12-14H,3-11H2,1-2H3,(H,18,22)/t12-,13+,25-/m1/s1. The van der Waals surface area contributed by atoms with Crippen LogP contribution in [0.2, 0.25) is 0 Å². The van der Waals surface area contributed by atoms with Gasteiger partial charge in [0, 0.05) is 40.8 Å². The number of rotatable bonds is 3. The van der Waals surface area contributed by atoms with Crippen LogP contribution in [0.25, 0.3) is 0 Å². The van der Waals surface area contributed by atoms with Gasteiger partial charge in [0.15, 0.2) is 5.82 Å². The van der Waals surface area contributed by atoms with Gasteiger partial charge in [-0.3, -0.25) is 4.21 Å². The summed E-state index contributed by atoms with van der Waals surface area (Å²) in [5.74, 6) is 2.15. The molecular formula is C17H28N4O3S.